The maximum atomic E-state index is 8.58. The summed E-state index contributed by atoms with van der Waals surface area (Å²) in [5.41, 5.74) is 0. The predicted octanol–water partition coefficient (Wildman–Crippen LogP) is 1.77. The van der Waals surface area contributed by atoms with Gasteiger partial charge in [0.1, 0.15) is 0 Å². The van der Waals surface area contributed by atoms with Crippen LogP contribution in [0, 0.1) is 11.8 Å². The van der Waals surface area contributed by atoms with Gasteiger partial charge in [-0.2, -0.15) is 13.5 Å². The summed E-state index contributed by atoms with van der Waals surface area (Å²) in [6.45, 7) is 6.75. The number of aliphatic hydroxyl groups excluding tert-OH is 1. The van der Waals surface area contributed by atoms with E-state index >= 15 is 0 Å². The van der Waals surface area contributed by atoms with E-state index in [0.29, 0.717) is 12.5 Å². The molecule has 58 valence electrons. The van der Waals surface area contributed by atoms with Crippen LogP contribution < -0.4 is 0 Å². The van der Waals surface area contributed by atoms with Crippen molar-refractivity contribution < 1.29 is 5.11 Å². The zero-order valence-electron chi connectivity index (χ0n) is 6.52. The second-order valence-corrected chi connectivity index (χ2v) is 2.92. The molecule has 9 heavy (non-hydrogen) atoms. The molecule has 0 unspecified atom stereocenters. The van der Waals surface area contributed by atoms with E-state index in [0.717, 1.165) is 12.3 Å². The Labute approximate surface area is 64.9 Å². The summed E-state index contributed by atoms with van der Waals surface area (Å²) in [5.74, 6) is 1.20. The quantitative estimate of drug-likeness (QED) is 0.650. The highest BCUT2D eigenvalue weighted by Crippen LogP contribution is 2.08. The molecular weight excluding hydrogens is 132 g/mol. The van der Waals surface area contributed by atoms with Crippen molar-refractivity contribution in [2.24, 2.45) is 11.8 Å². The summed E-state index contributed by atoms with van der Waals surface area (Å²) < 4.78 is 0. The zero-order chi connectivity index (χ0) is 6.57. The molecular formula is C7H18OS. The molecule has 0 aromatic rings. The third-order valence-electron chi connectivity index (χ3n) is 1.19. The number of aliphatic hydroxyl groups is 1. The van der Waals surface area contributed by atoms with E-state index in [9.17, 15) is 0 Å². The lowest BCUT2D eigenvalue weighted by Gasteiger charge is -2.08. The SMILES string of the molecule is CC(C)C[C@H](C)CO.S. The molecule has 1 nitrogen and oxygen atoms in total. The summed E-state index contributed by atoms with van der Waals surface area (Å²) in [6, 6.07) is 0. The molecule has 1 atom stereocenters. The first-order valence-corrected chi connectivity index (χ1v) is 3.27. The molecule has 0 heterocycles. The molecule has 0 saturated heterocycles. The molecule has 0 radical (unpaired) electrons. The number of rotatable bonds is 3. The summed E-state index contributed by atoms with van der Waals surface area (Å²) in [5, 5.41) is 8.58. The molecule has 0 spiro atoms. The highest BCUT2D eigenvalue weighted by atomic mass is 32.1. The highest BCUT2D eigenvalue weighted by Gasteiger charge is 2.01. The predicted molar refractivity (Wildman–Crippen MR) is 46.1 cm³/mol. The van der Waals surface area contributed by atoms with Crippen LogP contribution in [-0.2, 0) is 0 Å². The van der Waals surface area contributed by atoms with E-state index in [1.165, 1.54) is 0 Å². The Kier molecular flexibility index (Phi) is 8.60. The maximum absolute atomic E-state index is 8.58. The molecule has 0 aromatic heterocycles. The molecule has 0 fully saturated rings. The lowest BCUT2D eigenvalue weighted by molar-refractivity contribution is 0.218. The Morgan fingerprint density at radius 3 is 1.78 bits per heavy atom. The highest BCUT2D eigenvalue weighted by molar-refractivity contribution is 7.59. The fourth-order valence-corrected chi connectivity index (χ4v) is 0.879. The Morgan fingerprint density at radius 2 is 1.67 bits per heavy atom. The molecule has 0 saturated carbocycles. The Hall–Kier alpha value is 0.310. The number of hydrogen-bond acceptors (Lipinski definition) is 1. The van der Waals surface area contributed by atoms with Crippen molar-refractivity contribution in [3.8, 4) is 0 Å². The summed E-state index contributed by atoms with van der Waals surface area (Å²) in [6.07, 6.45) is 1.14. The largest absolute Gasteiger partial charge is 0.396 e. The summed E-state index contributed by atoms with van der Waals surface area (Å²) in [7, 11) is 0. The van der Waals surface area contributed by atoms with Crippen molar-refractivity contribution >= 4 is 13.5 Å². The van der Waals surface area contributed by atoms with E-state index < -0.39 is 0 Å². The smallest absolute Gasteiger partial charge is 0.0456 e. The van der Waals surface area contributed by atoms with Crippen molar-refractivity contribution in [1.29, 1.82) is 0 Å². The third-order valence-corrected chi connectivity index (χ3v) is 1.19. The van der Waals surface area contributed by atoms with E-state index in [2.05, 4.69) is 20.8 Å². The second-order valence-electron chi connectivity index (χ2n) is 2.92. The van der Waals surface area contributed by atoms with E-state index in [4.69, 9.17) is 5.11 Å². The van der Waals surface area contributed by atoms with Crippen LogP contribution in [0.25, 0.3) is 0 Å². The lowest BCUT2D eigenvalue weighted by atomic mass is 10.0. The fourth-order valence-electron chi connectivity index (χ4n) is 0.879. The van der Waals surface area contributed by atoms with Crippen LogP contribution in [-0.4, -0.2) is 11.7 Å². The van der Waals surface area contributed by atoms with E-state index in [1.54, 1.807) is 0 Å². The molecule has 1 N–H and O–H groups in total. The zero-order valence-corrected chi connectivity index (χ0v) is 7.52. The van der Waals surface area contributed by atoms with Gasteiger partial charge in [-0.15, -0.1) is 0 Å². The van der Waals surface area contributed by atoms with Crippen LogP contribution in [0.5, 0.6) is 0 Å². The van der Waals surface area contributed by atoms with Crippen LogP contribution in [0.2, 0.25) is 0 Å². The topological polar surface area (TPSA) is 20.2 Å². The van der Waals surface area contributed by atoms with Gasteiger partial charge >= 0.3 is 0 Å². The van der Waals surface area contributed by atoms with Gasteiger partial charge in [-0.3, -0.25) is 0 Å². The van der Waals surface area contributed by atoms with Gasteiger partial charge in [0.25, 0.3) is 0 Å². The fraction of sp³-hybridized carbons (Fsp3) is 1.00. The molecule has 0 amide bonds. The molecule has 2 heteroatoms. The van der Waals surface area contributed by atoms with Gasteiger partial charge in [0.05, 0.1) is 0 Å². The van der Waals surface area contributed by atoms with Crippen molar-refractivity contribution in [1.82, 2.24) is 0 Å². The molecule has 0 bridgehead atoms. The van der Waals surface area contributed by atoms with Crippen LogP contribution in [0.3, 0.4) is 0 Å². The van der Waals surface area contributed by atoms with Gasteiger partial charge in [0.2, 0.25) is 0 Å². The summed E-state index contributed by atoms with van der Waals surface area (Å²) >= 11 is 0. The van der Waals surface area contributed by atoms with Gasteiger partial charge in [-0.1, -0.05) is 20.8 Å². The second kappa shape index (κ2) is 6.43. The van der Waals surface area contributed by atoms with Crippen molar-refractivity contribution in [3.63, 3.8) is 0 Å². The minimum Gasteiger partial charge on any atom is -0.396 e. The van der Waals surface area contributed by atoms with Gasteiger partial charge in [-0.05, 0) is 18.3 Å². The average Bonchev–Trinajstić information content (AvgIpc) is 1.65. The van der Waals surface area contributed by atoms with Crippen LogP contribution in [0.15, 0.2) is 0 Å². The van der Waals surface area contributed by atoms with E-state index in [-0.39, 0.29) is 13.5 Å². The van der Waals surface area contributed by atoms with Crippen LogP contribution in [0.4, 0.5) is 0 Å². The normalized spacial score (nSPS) is 13.0. The van der Waals surface area contributed by atoms with Gasteiger partial charge in [0.15, 0.2) is 0 Å². The molecule has 0 aliphatic heterocycles. The summed E-state index contributed by atoms with van der Waals surface area (Å²) in [4.78, 5) is 0. The van der Waals surface area contributed by atoms with E-state index in [1.807, 2.05) is 0 Å². The first-order chi connectivity index (χ1) is 3.66. The van der Waals surface area contributed by atoms with Crippen molar-refractivity contribution in [2.75, 3.05) is 6.61 Å². The minimum absolute atomic E-state index is 0. The Morgan fingerprint density at radius 1 is 1.22 bits per heavy atom. The van der Waals surface area contributed by atoms with Crippen molar-refractivity contribution in [2.45, 2.75) is 27.2 Å². The Bertz CT molecular complexity index is 54.9. The molecule has 0 aliphatic carbocycles. The van der Waals surface area contributed by atoms with Crippen molar-refractivity contribution in [3.05, 3.63) is 0 Å². The third kappa shape index (κ3) is 8.31. The lowest BCUT2D eigenvalue weighted by Crippen LogP contribution is -2.03. The average molecular weight is 150 g/mol. The monoisotopic (exact) mass is 150 g/mol. The first kappa shape index (κ1) is 12.0. The number of hydrogen-bond donors (Lipinski definition) is 1. The van der Waals surface area contributed by atoms with Gasteiger partial charge < -0.3 is 5.11 Å². The Balaban J connectivity index is 0. The standard InChI is InChI=1S/C7H16O.H2S/c1-6(2)4-7(3)5-8;/h6-8H,4-5H2,1-3H3;1H2/t7-;/m0./s1. The molecule has 0 aromatic carbocycles. The van der Waals surface area contributed by atoms with Gasteiger partial charge in [0, 0.05) is 6.61 Å². The van der Waals surface area contributed by atoms with Crippen LogP contribution >= 0.6 is 13.5 Å². The van der Waals surface area contributed by atoms with Gasteiger partial charge in [-0.25, -0.2) is 0 Å². The molecule has 0 aliphatic rings. The maximum Gasteiger partial charge on any atom is 0.0456 e. The minimum atomic E-state index is 0. The molecule has 0 rings (SSSR count). The first-order valence-electron chi connectivity index (χ1n) is 3.27. The van der Waals surface area contributed by atoms with Crippen LogP contribution in [0.1, 0.15) is 27.2 Å².